The number of hydrogen-bond acceptors (Lipinski definition) is 6. The molecule has 4 heterocycles. The molecule has 0 aromatic carbocycles. The molecular formula is C16H17ClN6O. The lowest BCUT2D eigenvalue weighted by atomic mass is 10.2. The quantitative estimate of drug-likeness (QED) is 0.766. The van der Waals surface area contributed by atoms with Crippen molar-refractivity contribution in [3.63, 3.8) is 0 Å². The van der Waals surface area contributed by atoms with Gasteiger partial charge in [-0.1, -0.05) is 0 Å². The first-order valence-corrected chi connectivity index (χ1v) is 7.58. The smallest absolute Gasteiger partial charge is 0.175 e. The second kappa shape index (κ2) is 6.51. The van der Waals surface area contributed by atoms with Gasteiger partial charge in [-0.3, -0.25) is 0 Å². The molecule has 3 aromatic rings. The molecule has 3 aromatic heterocycles. The molecule has 4 rings (SSSR count). The number of nitriles is 1. The molecule has 1 aliphatic rings. The van der Waals surface area contributed by atoms with Crippen LogP contribution in [0.1, 0.15) is 12.5 Å². The second-order valence-electron chi connectivity index (χ2n) is 5.67. The lowest BCUT2D eigenvalue weighted by Crippen LogP contribution is -2.49. The first-order valence-electron chi connectivity index (χ1n) is 7.58. The maximum Gasteiger partial charge on any atom is 0.175 e. The second-order valence-corrected chi connectivity index (χ2v) is 5.67. The van der Waals surface area contributed by atoms with Gasteiger partial charge in [0, 0.05) is 31.9 Å². The Morgan fingerprint density at radius 2 is 2.29 bits per heavy atom. The Balaban J connectivity index is 0.00000169. The molecule has 1 N–H and O–H groups in total. The van der Waals surface area contributed by atoms with E-state index in [2.05, 4.69) is 33.3 Å². The highest BCUT2D eigenvalue weighted by molar-refractivity contribution is 5.85. The summed E-state index contributed by atoms with van der Waals surface area (Å²) in [6.07, 6.45) is 3.42. The molecule has 0 amide bonds. The molecule has 1 aliphatic heterocycles. The van der Waals surface area contributed by atoms with Crippen LogP contribution in [0.5, 0.6) is 0 Å². The highest BCUT2D eigenvalue weighted by Gasteiger charge is 2.21. The van der Waals surface area contributed by atoms with Crippen LogP contribution in [0, 0.1) is 11.3 Å². The third kappa shape index (κ3) is 2.70. The molecule has 7 nitrogen and oxygen atoms in total. The standard InChI is InChI=1S/C16H16N6O.ClH/c1-11-10-21(7-5-18-11)14-4-6-22-16(19-14)12(9-17)15(20-22)13-3-2-8-23-13;/h2-4,6,8,11,18H,5,7,10H2,1H3;1H/t11-;/m1./s1. The zero-order valence-corrected chi connectivity index (χ0v) is 14.0. The van der Waals surface area contributed by atoms with Crippen LogP contribution in [0.3, 0.4) is 0 Å². The molecule has 0 saturated carbocycles. The molecule has 1 saturated heterocycles. The molecule has 0 aliphatic carbocycles. The maximum atomic E-state index is 9.54. The summed E-state index contributed by atoms with van der Waals surface area (Å²) >= 11 is 0. The predicted molar refractivity (Wildman–Crippen MR) is 92.3 cm³/mol. The van der Waals surface area contributed by atoms with Crippen LogP contribution in [0.4, 0.5) is 5.82 Å². The first kappa shape index (κ1) is 16.3. The summed E-state index contributed by atoms with van der Waals surface area (Å²) in [4.78, 5) is 6.89. The van der Waals surface area contributed by atoms with Gasteiger partial charge in [0.25, 0.3) is 0 Å². The van der Waals surface area contributed by atoms with E-state index in [0.717, 1.165) is 25.5 Å². The highest BCUT2D eigenvalue weighted by Crippen LogP contribution is 2.26. The SMILES string of the molecule is C[C@@H]1CN(c2ccn3nc(-c4ccco4)c(C#N)c3n2)CCN1.Cl. The molecule has 1 atom stereocenters. The van der Waals surface area contributed by atoms with E-state index in [0.29, 0.717) is 28.7 Å². The topological polar surface area (TPSA) is 82.4 Å². The molecule has 1 fully saturated rings. The molecule has 0 spiro atoms. The van der Waals surface area contributed by atoms with E-state index in [1.807, 2.05) is 12.3 Å². The van der Waals surface area contributed by atoms with Crippen molar-refractivity contribution < 1.29 is 4.42 Å². The Kier molecular flexibility index (Phi) is 4.42. The zero-order chi connectivity index (χ0) is 15.8. The van der Waals surface area contributed by atoms with Gasteiger partial charge in [0.1, 0.15) is 23.1 Å². The number of furan rings is 1. The van der Waals surface area contributed by atoms with Crippen LogP contribution in [-0.2, 0) is 0 Å². The van der Waals surface area contributed by atoms with E-state index in [1.165, 1.54) is 0 Å². The van der Waals surface area contributed by atoms with Crippen molar-refractivity contribution in [3.8, 4) is 17.5 Å². The van der Waals surface area contributed by atoms with Crippen LogP contribution in [0.25, 0.3) is 17.1 Å². The number of hydrogen-bond donors (Lipinski definition) is 1. The number of aromatic nitrogens is 3. The summed E-state index contributed by atoms with van der Waals surface area (Å²) in [5, 5.41) is 17.4. The Morgan fingerprint density at radius 3 is 3.00 bits per heavy atom. The minimum Gasteiger partial charge on any atom is -0.463 e. The predicted octanol–water partition coefficient (Wildman–Crippen LogP) is 2.08. The lowest BCUT2D eigenvalue weighted by molar-refractivity contribution is 0.482. The molecular weight excluding hydrogens is 328 g/mol. The van der Waals surface area contributed by atoms with Gasteiger partial charge >= 0.3 is 0 Å². The molecule has 0 bridgehead atoms. The van der Waals surface area contributed by atoms with E-state index >= 15 is 0 Å². The van der Waals surface area contributed by atoms with Crippen molar-refractivity contribution in [1.29, 1.82) is 5.26 Å². The van der Waals surface area contributed by atoms with Gasteiger partial charge in [0.2, 0.25) is 0 Å². The minimum absolute atomic E-state index is 0. The monoisotopic (exact) mass is 344 g/mol. The molecule has 24 heavy (non-hydrogen) atoms. The van der Waals surface area contributed by atoms with Gasteiger partial charge in [-0.2, -0.15) is 10.4 Å². The van der Waals surface area contributed by atoms with Gasteiger partial charge in [-0.05, 0) is 25.1 Å². The maximum absolute atomic E-state index is 9.54. The molecule has 8 heteroatoms. The summed E-state index contributed by atoms with van der Waals surface area (Å²) in [5.74, 6) is 1.44. The third-order valence-electron chi connectivity index (χ3n) is 4.03. The number of piperazine rings is 1. The van der Waals surface area contributed by atoms with E-state index < -0.39 is 0 Å². The molecule has 124 valence electrons. The van der Waals surface area contributed by atoms with E-state index in [4.69, 9.17) is 4.42 Å². The van der Waals surface area contributed by atoms with Gasteiger partial charge in [0.05, 0.1) is 6.26 Å². The lowest BCUT2D eigenvalue weighted by Gasteiger charge is -2.32. The van der Waals surface area contributed by atoms with E-state index in [9.17, 15) is 5.26 Å². The Morgan fingerprint density at radius 1 is 1.42 bits per heavy atom. The Labute approximate surface area is 145 Å². The van der Waals surface area contributed by atoms with E-state index in [1.54, 1.807) is 22.9 Å². The van der Waals surface area contributed by atoms with Crippen molar-refractivity contribution in [2.24, 2.45) is 0 Å². The number of halogens is 1. The number of fused-ring (bicyclic) bond motifs is 1. The summed E-state index contributed by atoms with van der Waals surface area (Å²) < 4.78 is 7.01. The van der Waals surface area contributed by atoms with Crippen LogP contribution in [-0.4, -0.2) is 40.3 Å². The fourth-order valence-corrected chi connectivity index (χ4v) is 2.92. The summed E-state index contributed by atoms with van der Waals surface area (Å²) in [7, 11) is 0. The minimum atomic E-state index is 0. The van der Waals surface area contributed by atoms with Crippen molar-refractivity contribution in [3.05, 3.63) is 36.2 Å². The largest absolute Gasteiger partial charge is 0.463 e. The van der Waals surface area contributed by atoms with Crippen LogP contribution in [0.15, 0.2) is 35.1 Å². The van der Waals surface area contributed by atoms with Gasteiger partial charge < -0.3 is 14.6 Å². The Hall–Kier alpha value is -2.56. The number of nitrogens with one attached hydrogen (secondary N) is 1. The molecule has 0 radical (unpaired) electrons. The average molecular weight is 345 g/mol. The third-order valence-corrected chi connectivity index (χ3v) is 4.03. The van der Waals surface area contributed by atoms with Crippen molar-refractivity contribution in [2.45, 2.75) is 13.0 Å². The number of rotatable bonds is 2. The zero-order valence-electron chi connectivity index (χ0n) is 13.1. The van der Waals surface area contributed by atoms with Gasteiger partial charge in [-0.15, -0.1) is 12.4 Å². The van der Waals surface area contributed by atoms with Crippen molar-refractivity contribution >= 4 is 23.9 Å². The van der Waals surface area contributed by atoms with Gasteiger partial charge in [-0.25, -0.2) is 9.50 Å². The van der Waals surface area contributed by atoms with Crippen LogP contribution in [0.2, 0.25) is 0 Å². The van der Waals surface area contributed by atoms with Crippen molar-refractivity contribution in [2.75, 3.05) is 24.5 Å². The number of nitrogens with zero attached hydrogens (tertiary/aromatic N) is 5. The molecule has 0 unspecified atom stereocenters. The summed E-state index contributed by atoms with van der Waals surface area (Å²) in [6, 6.07) is 8.13. The fraction of sp³-hybridized carbons (Fsp3) is 0.312. The van der Waals surface area contributed by atoms with Crippen LogP contribution >= 0.6 is 12.4 Å². The number of anilines is 1. The first-order chi connectivity index (χ1) is 11.3. The van der Waals surface area contributed by atoms with Crippen molar-refractivity contribution in [1.82, 2.24) is 19.9 Å². The highest BCUT2D eigenvalue weighted by atomic mass is 35.5. The van der Waals surface area contributed by atoms with E-state index in [-0.39, 0.29) is 12.4 Å². The van der Waals surface area contributed by atoms with Gasteiger partial charge in [0.15, 0.2) is 11.4 Å². The summed E-state index contributed by atoms with van der Waals surface area (Å²) in [6.45, 7) is 4.87. The van der Waals surface area contributed by atoms with Crippen LogP contribution < -0.4 is 10.2 Å². The normalized spacial score (nSPS) is 17.5. The summed E-state index contributed by atoms with van der Waals surface area (Å²) in [5.41, 5.74) is 1.52. The fourth-order valence-electron chi connectivity index (χ4n) is 2.92. The average Bonchev–Trinajstić information content (AvgIpc) is 3.21. The Bertz CT molecular complexity index is 882.